The molecule has 0 heterocycles. The van der Waals surface area contributed by atoms with Gasteiger partial charge < -0.3 is 10.1 Å². The van der Waals surface area contributed by atoms with E-state index in [9.17, 15) is 4.79 Å². The molecule has 0 fully saturated rings. The van der Waals surface area contributed by atoms with Crippen LogP contribution in [0.3, 0.4) is 0 Å². The third-order valence-corrected chi connectivity index (χ3v) is 1.53. The van der Waals surface area contributed by atoms with Gasteiger partial charge in [0.2, 0.25) is 0 Å². The van der Waals surface area contributed by atoms with Crippen molar-refractivity contribution in [1.29, 1.82) is 0 Å². The highest BCUT2D eigenvalue weighted by Gasteiger charge is 2.03. The van der Waals surface area contributed by atoms with Crippen LogP contribution in [0.15, 0.2) is 0 Å². The highest BCUT2D eigenvalue weighted by Crippen LogP contribution is 1.95. The van der Waals surface area contributed by atoms with Crippen LogP contribution in [0.4, 0.5) is 0 Å². The Kier molecular flexibility index (Phi) is 7.69. The average molecular weight is 187 g/mol. The zero-order valence-corrected chi connectivity index (χ0v) is 8.93. The first-order valence-corrected chi connectivity index (χ1v) is 5.07. The molecule has 0 saturated carbocycles. The second kappa shape index (κ2) is 8.05. The van der Waals surface area contributed by atoms with Gasteiger partial charge in [-0.05, 0) is 39.8 Å². The van der Waals surface area contributed by atoms with Gasteiger partial charge in [-0.2, -0.15) is 0 Å². The minimum Gasteiger partial charge on any atom is -0.463 e. The number of hydrogen-bond donors (Lipinski definition) is 1. The maximum absolute atomic E-state index is 11.0. The minimum absolute atomic E-state index is 0.0103. The van der Waals surface area contributed by atoms with Crippen molar-refractivity contribution in [3.05, 3.63) is 0 Å². The summed E-state index contributed by atoms with van der Waals surface area (Å²) < 4.78 is 4.99. The van der Waals surface area contributed by atoms with Crippen LogP contribution in [0, 0.1) is 0 Å². The van der Waals surface area contributed by atoms with E-state index in [1.54, 1.807) is 0 Å². The van der Waals surface area contributed by atoms with Gasteiger partial charge in [-0.15, -0.1) is 0 Å². The van der Waals surface area contributed by atoms with E-state index in [2.05, 4.69) is 12.2 Å². The van der Waals surface area contributed by atoms with Gasteiger partial charge in [0.1, 0.15) is 0 Å². The van der Waals surface area contributed by atoms with Gasteiger partial charge >= 0.3 is 5.97 Å². The van der Waals surface area contributed by atoms with Gasteiger partial charge in [0, 0.05) is 6.42 Å². The molecule has 0 spiro atoms. The molecule has 3 nitrogen and oxygen atoms in total. The SMILES string of the molecule is CCCNCCCC(=O)OC(C)C. The largest absolute Gasteiger partial charge is 0.463 e. The van der Waals surface area contributed by atoms with Crippen LogP contribution in [0.25, 0.3) is 0 Å². The van der Waals surface area contributed by atoms with E-state index in [1.165, 1.54) is 0 Å². The van der Waals surface area contributed by atoms with Crippen LogP contribution in [0.5, 0.6) is 0 Å². The first kappa shape index (κ1) is 12.4. The molecule has 13 heavy (non-hydrogen) atoms. The molecule has 0 aromatic carbocycles. The zero-order chi connectivity index (χ0) is 10.1. The van der Waals surface area contributed by atoms with Crippen molar-refractivity contribution in [2.24, 2.45) is 0 Å². The highest BCUT2D eigenvalue weighted by atomic mass is 16.5. The van der Waals surface area contributed by atoms with Crippen molar-refractivity contribution in [3.8, 4) is 0 Å². The van der Waals surface area contributed by atoms with E-state index in [0.29, 0.717) is 6.42 Å². The van der Waals surface area contributed by atoms with Gasteiger partial charge in [-0.3, -0.25) is 4.79 Å². The van der Waals surface area contributed by atoms with Crippen LogP contribution < -0.4 is 5.32 Å². The maximum atomic E-state index is 11.0. The van der Waals surface area contributed by atoms with Crippen LogP contribution in [-0.2, 0) is 9.53 Å². The summed E-state index contributed by atoms with van der Waals surface area (Å²) in [4.78, 5) is 11.0. The van der Waals surface area contributed by atoms with Gasteiger partial charge in [0.05, 0.1) is 6.10 Å². The molecule has 0 saturated heterocycles. The summed E-state index contributed by atoms with van der Waals surface area (Å²) in [5.41, 5.74) is 0. The lowest BCUT2D eigenvalue weighted by atomic mass is 10.3. The molecule has 0 aliphatic heterocycles. The Bertz CT molecular complexity index is 135. The lowest BCUT2D eigenvalue weighted by molar-refractivity contribution is -0.147. The Morgan fingerprint density at radius 3 is 2.62 bits per heavy atom. The average Bonchev–Trinajstić information content (AvgIpc) is 2.02. The van der Waals surface area contributed by atoms with E-state index in [0.717, 1.165) is 25.9 Å². The van der Waals surface area contributed by atoms with Crippen molar-refractivity contribution < 1.29 is 9.53 Å². The zero-order valence-electron chi connectivity index (χ0n) is 8.93. The standard InChI is InChI=1S/C10H21NO2/c1-4-7-11-8-5-6-10(12)13-9(2)3/h9,11H,4-8H2,1-3H3. The molecule has 3 heteroatoms. The van der Waals surface area contributed by atoms with E-state index in [1.807, 2.05) is 13.8 Å². The summed E-state index contributed by atoms with van der Waals surface area (Å²) in [6.45, 7) is 7.79. The number of ether oxygens (including phenoxy) is 1. The topological polar surface area (TPSA) is 38.3 Å². The number of hydrogen-bond acceptors (Lipinski definition) is 3. The van der Waals surface area contributed by atoms with E-state index in [-0.39, 0.29) is 12.1 Å². The molecule has 0 aromatic rings. The molecule has 0 rings (SSSR count). The smallest absolute Gasteiger partial charge is 0.306 e. The normalized spacial score (nSPS) is 10.5. The molecule has 0 amide bonds. The molecule has 0 aliphatic rings. The van der Waals surface area contributed by atoms with Crippen LogP contribution in [0.2, 0.25) is 0 Å². The van der Waals surface area contributed by atoms with Crippen LogP contribution in [0.1, 0.15) is 40.0 Å². The molecular formula is C10H21NO2. The second-order valence-electron chi connectivity index (χ2n) is 3.39. The molecule has 0 atom stereocenters. The Morgan fingerprint density at radius 1 is 1.38 bits per heavy atom. The van der Waals surface area contributed by atoms with E-state index in [4.69, 9.17) is 4.74 Å². The van der Waals surface area contributed by atoms with Crippen molar-refractivity contribution in [1.82, 2.24) is 5.32 Å². The minimum atomic E-state index is -0.0895. The molecule has 78 valence electrons. The van der Waals surface area contributed by atoms with E-state index >= 15 is 0 Å². The monoisotopic (exact) mass is 187 g/mol. The van der Waals surface area contributed by atoms with E-state index < -0.39 is 0 Å². The first-order valence-electron chi connectivity index (χ1n) is 5.07. The van der Waals surface area contributed by atoms with Crippen molar-refractivity contribution in [2.75, 3.05) is 13.1 Å². The number of esters is 1. The molecule has 1 N–H and O–H groups in total. The third-order valence-electron chi connectivity index (χ3n) is 1.53. The Hall–Kier alpha value is -0.570. The fraction of sp³-hybridized carbons (Fsp3) is 0.900. The number of rotatable bonds is 7. The van der Waals surface area contributed by atoms with Crippen LogP contribution in [-0.4, -0.2) is 25.2 Å². The molecule has 0 aromatic heterocycles. The predicted molar refractivity (Wildman–Crippen MR) is 53.6 cm³/mol. The molecular weight excluding hydrogens is 166 g/mol. The predicted octanol–water partition coefficient (Wildman–Crippen LogP) is 1.72. The summed E-state index contributed by atoms with van der Waals surface area (Å²) >= 11 is 0. The molecule has 0 unspecified atom stereocenters. The summed E-state index contributed by atoms with van der Waals surface area (Å²) in [5.74, 6) is -0.0895. The van der Waals surface area contributed by atoms with Crippen molar-refractivity contribution >= 4 is 5.97 Å². The second-order valence-corrected chi connectivity index (χ2v) is 3.39. The van der Waals surface area contributed by atoms with Crippen molar-refractivity contribution in [3.63, 3.8) is 0 Å². The fourth-order valence-corrected chi connectivity index (χ4v) is 0.981. The Labute approximate surface area is 80.8 Å². The third kappa shape index (κ3) is 9.34. The van der Waals surface area contributed by atoms with Crippen LogP contribution >= 0.6 is 0 Å². The van der Waals surface area contributed by atoms with Gasteiger partial charge in [0.15, 0.2) is 0 Å². The number of carbonyl (C=O) groups excluding carboxylic acids is 1. The van der Waals surface area contributed by atoms with Gasteiger partial charge in [-0.1, -0.05) is 6.92 Å². The Balaban J connectivity index is 3.17. The lowest BCUT2D eigenvalue weighted by Gasteiger charge is -2.07. The lowest BCUT2D eigenvalue weighted by Crippen LogP contribution is -2.18. The van der Waals surface area contributed by atoms with Gasteiger partial charge in [-0.25, -0.2) is 0 Å². The summed E-state index contributed by atoms with van der Waals surface area (Å²) in [6.07, 6.45) is 2.53. The molecule has 0 aliphatic carbocycles. The molecule has 0 bridgehead atoms. The quantitative estimate of drug-likeness (QED) is 0.487. The number of carbonyl (C=O) groups is 1. The summed E-state index contributed by atoms with van der Waals surface area (Å²) in [5, 5.41) is 3.24. The number of nitrogens with one attached hydrogen (secondary N) is 1. The van der Waals surface area contributed by atoms with Crippen molar-refractivity contribution in [2.45, 2.75) is 46.1 Å². The maximum Gasteiger partial charge on any atom is 0.306 e. The summed E-state index contributed by atoms with van der Waals surface area (Å²) in [6, 6.07) is 0. The highest BCUT2D eigenvalue weighted by molar-refractivity contribution is 5.69. The summed E-state index contributed by atoms with van der Waals surface area (Å²) in [7, 11) is 0. The first-order chi connectivity index (χ1) is 6.16. The Morgan fingerprint density at radius 2 is 2.08 bits per heavy atom. The van der Waals surface area contributed by atoms with Gasteiger partial charge in [0.25, 0.3) is 0 Å². The fourth-order valence-electron chi connectivity index (χ4n) is 0.981. The molecule has 0 radical (unpaired) electrons.